The Morgan fingerprint density at radius 3 is 2.14 bits per heavy atom. The van der Waals surface area contributed by atoms with E-state index in [0.717, 1.165) is 19.8 Å². The molecule has 0 amide bonds. The molecular weight excluding hydrogens is 184 g/mol. The molecule has 0 aromatic heterocycles. The molecule has 4 nitrogen and oxygen atoms in total. The van der Waals surface area contributed by atoms with Crippen LogP contribution in [0.5, 0.6) is 0 Å². The van der Waals surface area contributed by atoms with Crippen LogP contribution in [0.15, 0.2) is 0 Å². The summed E-state index contributed by atoms with van der Waals surface area (Å²) in [5.74, 6) is -0.833. The Hall–Kier alpha value is -0.610. The number of rotatable bonds is 6. The van der Waals surface area contributed by atoms with Crippen LogP contribution in [0.25, 0.3) is 0 Å². The lowest BCUT2D eigenvalue weighted by molar-refractivity contribution is -0.134. The predicted molar refractivity (Wildman–Crippen MR) is 55.2 cm³/mol. The molecule has 0 bridgehead atoms. The van der Waals surface area contributed by atoms with Gasteiger partial charge in [0.2, 0.25) is 0 Å². The van der Waals surface area contributed by atoms with E-state index in [1.165, 1.54) is 19.3 Å². The molecule has 0 radical (unpaired) electrons. The van der Waals surface area contributed by atoms with Crippen LogP contribution in [0.2, 0.25) is 0 Å². The van der Waals surface area contributed by atoms with Crippen LogP contribution >= 0.6 is 0 Å². The van der Waals surface area contributed by atoms with Gasteiger partial charge >= 0.3 is 0 Å². The minimum atomic E-state index is -0.833. The zero-order valence-electron chi connectivity index (χ0n) is 9.07. The van der Waals surface area contributed by atoms with Crippen LogP contribution in [0.1, 0.15) is 46.0 Å². The fourth-order valence-corrected chi connectivity index (χ4v) is 0.898. The van der Waals surface area contributed by atoms with E-state index in [1.807, 2.05) is 0 Å². The van der Waals surface area contributed by atoms with E-state index in [1.54, 1.807) is 0 Å². The summed E-state index contributed by atoms with van der Waals surface area (Å²) in [6, 6.07) is 0. The molecular formula is C10H22O4. The first kappa shape index (κ1) is 15.8. The van der Waals surface area contributed by atoms with E-state index in [0.29, 0.717) is 0 Å². The van der Waals surface area contributed by atoms with Crippen molar-refractivity contribution in [3.63, 3.8) is 0 Å². The number of aliphatic hydroxyl groups is 2. The molecule has 0 saturated heterocycles. The summed E-state index contributed by atoms with van der Waals surface area (Å²) in [6.45, 7) is 3.15. The molecule has 14 heavy (non-hydrogen) atoms. The molecule has 0 aliphatic carbocycles. The summed E-state index contributed by atoms with van der Waals surface area (Å²) in [6.07, 6.45) is 4.92. The van der Waals surface area contributed by atoms with Gasteiger partial charge in [0.05, 0.1) is 12.7 Å². The average molecular weight is 206 g/mol. The van der Waals surface area contributed by atoms with E-state index in [-0.39, 0.29) is 6.61 Å². The first-order valence-electron chi connectivity index (χ1n) is 5.03. The fourth-order valence-electron chi connectivity index (χ4n) is 0.898. The Labute approximate surface area is 85.6 Å². The Morgan fingerprint density at radius 2 is 1.79 bits per heavy atom. The summed E-state index contributed by atoms with van der Waals surface area (Å²) < 4.78 is 0. The smallest absolute Gasteiger partial charge is 0.300 e. The second-order valence-electron chi connectivity index (χ2n) is 3.20. The van der Waals surface area contributed by atoms with Gasteiger partial charge < -0.3 is 15.3 Å². The number of hydrogen-bond donors (Lipinski definition) is 3. The van der Waals surface area contributed by atoms with Gasteiger partial charge in [0, 0.05) is 6.92 Å². The second kappa shape index (κ2) is 12.4. The zero-order valence-corrected chi connectivity index (χ0v) is 9.07. The molecule has 0 spiro atoms. The molecule has 3 N–H and O–H groups in total. The van der Waals surface area contributed by atoms with Crippen molar-refractivity contribution in [1.29, 1.82) is 0 Å². The van der Waals surface area contributed by atoms with Crippen LogP contribution in [-0.4, -0.2) is 34.0 Å². The van der Waals surface area contributed by atoms with E-state index in [9.17, 15) is 0 Å². The number of carboxylic acid groups (broad SMARTS) is 1. The Balaban J connectivity index is 0. The average Bonchev–Trinajstić information content (AvgIpc) is 2.11. The lowest BCUT2D eigenvalue weighted by atomic mass is 10.1. The van der Waals surface area contributed by atoms with Crippen LogP contribution in [-0.2, 0) is 4.79 Å². The molecule has 0 heterocycles. The number of unbranched alkanes of at least 4 members (excludes halogenated alkanes) is 3. The summed E-state index contributed by atoms with van der Waals surface area (Å²) in [5.41, 5.74) is 0. The maximum Gasteiger partial charge on any atom is 0.300 e. The quantitative estimate of drug-likeness (QED) is 0.574. The lowest BCUT2D eigenvalue weighted by Gasteiger charge is -2.04. The summed E-state index contributed by atoms with van der Waals surface area (Å²) in [4.78, 5) is 9.00. The summed E-state index contributed by atoms with van der Waals surface area (Å²) >= 11 is 0. The van der Waals surface area contributed by atoms with E-state index < -0.39 is 12.1 Å². The van der Waals surface area contributed by atoms with Crippen molar-refractivity contribution >= 4 is 5.97 Å². The maximum atomic E-state index is 9.00. The van der Waals surface area contributed by atoms with Crippen molar-refractivity contribution in [2.24, 2.45) is 0 Å². The van der Waals surface area contributed by atoms with Crippen molar-refractivity contribution in [1.82, 2.24) is 0 Å². The van der Waals surface area contributed by atoms with Crippen LogP contribution < -0.4 is 0 Å². The molecule has 0 fully saturated rings. The van der Waals surface area contributed by atoms with Gasteiger partial charge in [-0.05, 0) is 6.42 Å². The minimum absolute atomic E-state index is 0.0911. The van der Waals surface area contributed by atoms with E-state index in [2.05, 4.69) is 6.92 Å². The third kappa shape index (κ3) is 22.5. The Bertz CT molecular complexity index is 121. The third-order valence-electron chi connectivity index (χ3n) is 1.60. The van der Waals surface area contributed by atoms with Gasteiger partial charge in [-0.25, -0.2) is 0 Å². The van der Waals surface area contributed by atoms with Crippen molar-refractivity contribution < 1.29 is 20.1 Å². The molecule has 1 atom stereocenters. The highest BCUT2D eigenvalue weighted by atomic mass is 16.4. The summed E-state index contributed by atoms with van der Waals surface area (Å²) in [5, 5.41) is 24.8. The molecule has 0 aliphatic heterocycles. The lowest BCUT2D eigenvalue weighted by Crippen LogP contribution is -2.10. The highest BCUT2D eigenvalue weighted by Gasteiger charge is 1.99. The highest BCUT2D eigenvalue weighted by molar-refractivity contribution is 5.62. The molecule has 0 aromatic rings. The Morgan fingerprint density at radius 1 is 1.29 bits per heavy atom. The van der Waals surface area contributed by atoms with Gasteiger partial charge in [-0.3, -0.25) is 4.79 Å². The van der Waals surface area contributed by atoms with Gasteiger partial charge in [-0.1, -0.05) is 32.6 Å². The number of carbonyl (C=O) groups is 1. The first-order valence-corrected chi connectivity index (χ1v) is 5.03. The number of carboxylic acids is 1. The number of aliphatic carboxylic acids is 1. The Kier molecular flexibility index (Phi) is 14.0. The van der Waals surface area contributed by atoms with Gasteiger partial charge in [-0.15, -0.1) is 0 Å². The molecule has 4 heteroatoms. The topological polar surface area (TPSA) is 77.8 Å². The standard InChI is InChI=1S/C8H18O2.C2H4O2/c1-2-3-4-5-6-8(10)7-9;1-2(3)4/h8-10H,2-7H2,1H3;1H3,(H,3,4). The second-order valence-corrected chi connectivity index (χ2v) is 3.20. The molecule has 0 aliphatic rings. The summed E-state index contributed by atoms with van der Waals surface area (Å²) in [7, 11) is 0. The van der Waals surface area contributed by atoms with Crippen molar-refractivity contribution in [2.45, 2.75) is 52.1 Å². The maximum absolute atomic E-state index is 9.00. The van der Waals surface area contributed by atoms with Gasteiger partial charge in [0.25, 0.3) is 5.97 Å². The molecule has 0 saturated carbocycles. The number of aliphatic hydroxyl groups excluding tert-OH is 2. The third-order valence-corrected chi connectivity index (χ3v) is 1.60. The molecule has 0 aromatic carbocycles. The first-order chi connectivity index (χ1) is 6.54. The largest absolute Gasteiger partial charge is 0.481 e. The van der Waals surface area contributed by atoms with Crippen LogP contribution in [0.4, 0.5) is 0 Å². The van der Waals surface area contributed by atoms with E-state index >= 15 is 0 Å². The molecule has 0 rings (SSSR count). The van der Waals surface area contributed by atoms with Crippen LogP contribution in [0.3, 0.4) is 0 Å². The van der Waals surface area contributed by atoms with Crippen LogP contribution in [0, 0.1) is 0 Å². The SMILES string of the molecule is CC(=O)O.CCCCCCC(O)CO. The van der Waals surface area contributed by atoms with Gasteiger partial charge in [0.15, 0.2) is 0 Å². The number of hydrogen-bond acceptors (Lipinski definition) is 3. The predicted octanol–water partition coefficient (Wildman–Crippen LogP) is 1.40. The minimum Gasteiger partial charge on any atom is -0.481 e. The highest BCUT2D eigenvalue weighted by Crippen LogP contribution is 2.04. The molecule has 1 unspecified atom stereocenters. The van der Waals surface area contributed by atoms with Crippen molar-refractivity contribution in [3.8, 4) is 0 Å². The van der Waals surface area contributed by atoms with Gasteiger partial charge in [-0.2, -0.15) is 0 Å². The monoisotopic (exact) mass is 206 g/mol. The molecule has 86 valence electrons. The normalized spacial score (nSPS) is 11.4. The van der Waals surface area contributed by atoms with E-state index in [4.69, 9.17) is 20.1 Å². The zero-order chi connectivity index (χ0) is 11.4. The van der Waals surface area contributed by atoms with Crippen molar-refractivity contribution in [3.05, 3.63) is 0 Å². The van der Waals surface area contributed by atoms with Crippen molar-refractivity contribution in [2.75, 3.05) is 6.61 Å². The fraction of sp³-hybridized carbons (Fsp3) is 0.900. The van der Waals surface area contributed by atoms with Gasteiger partial charge in [0.1, 0.15) is 0 Å².